The van der Waals surface area contributed by atoms with Gasteiger partial charge >= 0.3 is 6.03 Å². The van der Waals surface area contributed by atoms with Gasteiger partial charge < -0.3 is 19.9 Å². The number of aromatic nitrogens is 1. The van der Waals surface area contributed by atoms with Gasteiger partial charge in [-0.15, -0.1) is 0 Å². The Kier molecular flexibility index (Phi) is 5.25. The number of carbonyl (C=O) groups is 1. The van der Waals surface area contributed by atoms with E-state index in [0.717, 1.165) is 31.6 Å². The molecule has 2 rings (SSSR count). The molecule has 6 heteroatoms. The van der Waals surface area contributed by atoms with Crippen LogP contribution in [-0.2, 0) is 0 Å². The molecule has 21 heavy (non-hydrogen) atoms. The van der Waals surface area contributed by atoms with Crippen molar-refractivity contribution in [2.75, 3.05) is 39.1 Å². The number of amides is 2. The summed E-state index contributed by atoms with van der Waals surface area (Å²) in [6.07, 6.45) is 3.70. The predicted octanol–water partition coefficient (Wildman–Crippen LogP) is 2.04. The minimum absolute atomic E-state index is 0.0937. The number of pyridine rings is 1. The SMILES string of the molecule is CCOc1ccc(NC2CCN(C(=O)N(C)C)CC2)cn1. The number of ether oxygens (including phenoxy) is 1. The fourth-order valence-corrected chi connectivity index (χ4v) is 2.43. The fraction of sp³-hybridized carbons (Fsp3) is 0.600. The first-order valence-electron chi connectivity index (χ1n) is 7.41. The molecule has 0 aromatic carbocycles. The Labute approximate surface area is 126 Å². The van der Waals surface area contributed by atoms with E-state index in [1.165, 1.54) is 0 Å². The lowest BCUT2D eigenvalue weighted by Crippen LogP contribution is -2.46. The zero-order valence-corrected chi connectivity index (χ0v) is 13.0. The van der Waals surface area contributed by atoms with Crippen LogP contribution >= 0.6 is 0 Å². The topological polar surface area (TPSA) is 57.7 Å². The third-order valence-electron chi connectivity index (χ3n) is 3.55. The molecule has 6 nitrogen and oxygen atoms in total. The van der Waals surface area contributed by atoms with Crippen LogP contribution in [0.2, 0.25) is 0 Å². The molecule has 2 amide bonds. The molecule has 0 spiro atoms. The highest BCUT2D eigenvalue weighted by molar-refractivity contribution is 5.73. The van der Waals surface area contributed by atoms with E-state index < -0.39 is 0 Å². The molecule has 1 fully saturated rings. The van der Waals surface area contributed by atoms with Crippen LogP contribution in [0, 0.1) is 0 Å². The average molecular weight is 292 g/mol. The van der Waals surface area contributed by atoms with Crippen LogP contribution in [0.3, 0.4) is 0 Å². The molecule has 0 radical (unpaired) electrons. The second-order valence-corrected chi connectivity index (χ2v) is 5.40. The van der Waals surface area contributed by atoms with Crippen LogP contribution in [-0.4, -0.2) is 60.6 Å². The van der Waals surface area contributed by atoms with Gasteiger partial charge in [-0.1, -0.05) is 0 Å². The van der Waals surface area contributed by atoms with Crippen molar-refractivity contribution in [3.05, 3.63) is 18.3 Å². The van der Waals surface area contributed by atoms with Crippen LogP contribution < -0.4 is 10.1 Å². The van der Waals surface area contributed by atoms with Crippen LogP contribution in [0.15, 0.2) is 18.3 Å². The Hall–Kier alpha value is -1.98. The number of hydrogen-bond donors (Lipinski definition) is 1. The Balaban J connectivity index is 1.81. The van der Waals surface area contributed by atoms with Gasteiger partial charge in [0.15, 0.2) is 0 Å². The van der Waals surface area contributed by atoms with Crippen molar-refractivity contribution in [3.63, 3.8) is 0 Å². The zero-order valence-electron chi connectivity index (χ0n) is 13.0. The van der Waals surface area contributed by atoms with E-state index >= 15 is 0 Å². The van der Waals surface area contributed by atoms with Gasteiger partial charge in [-0.2, -0.15) is 0 Å². The molecule has 1 N–H and O–H groups in total. The molecule has 1 aliphatic rings. The number of nitrogens with one attached hydrogen (secondary N) is 1. The third-order valence-corrected chi connectivity index (χ3v) is 3.55. The van der Waals surface area contributed by atoms with Crippen molar-refractivity contribution < 1.29 is 9.53 Å². The van der Waals surface area contributed by atoms with Gasteiger partial charge in [0.25, 0.3) is 0 Å². The Morgan fingerprint density at radius 2 is 2.14 bits per heavy atom. The van der Waals surface area contributed by atoms with Gasteiger partial charge in [0.05, 0.1) is 18.5 Å². The van der Waals surface area contributed by atoms with E-state index in [-0.39, 0.29) is 6.03 Å². The van der Waals surface area contributed by atoms with E-state index in [1.54, 1.807) is 25.2 Å². The van der Waals surface area contributed by atoms with Gasteiger partial charge in [0, 0.05) is 39.3 Å². The number of nitrogens with zero attached hydrogens (tertiary/aromatic N) is 3. The molecule has 2 heterocycles. The van der Waals surface area contributed by atoms with Crippen molar-refractivity contribution >= 4 is 11.7 Å². The van der Waals surface area contributed by atoms with Gasteiger partial charge in [-0.25, -0.2) is 9.78 Å². The van der Waals surface area contributed by atoms with Crippen LogP contribution in [0.5, 0.6) is 5.88 Å². The second-order valence-electron chi connectivity index (χ2n) is 5.40. The molecular formula is C15H24N4O2. The van der Waals surface area contributed by atoms with Crippen LogP contribution in [0.1, 0.15) is 19.8 Å². The monoisotopic (exact) mass is 292 g/mol. The van der Waals surface area contributed by atoms with Gasteiger partial charge in [0.1, 0.15) is 0 Å². The number of urea groups is 1. The zero-order chi connectivity index (χ0) is 15.2. The quantitative estimate of drug-likeness (QED) is 0.922. The maximum Gasteiger partial charge on any atom is 0.319 e. The lowest BCUT2D eigenvalue weighted by molar-refractivity contribution is 0.158. The predicted molar refractivity (Wildman–Crippen MR) is 82.7 cm³/mol. The molecule has 0 atom stereocenters. The minimum atomic E-state index is 0.0937. The Bertz CT molecular complexity index is 453. The van der Waals surface area contributed by atoms with E-state index in [1.807, 2.05) is 24.0 Å². The molecule has 0 unspecified atom stereocenters. The molecule has 0 aliphatic carbocycles. The highest BCUT2D eigenvalue weighted by atomic mass is 16.5. The summed E-state index contributed by atoms with van der Waals surface area (Å²) in [6.45, 7) is 4.15. The molecule has 1 aromatic heterocycles. The molecule has 0 saturated carbocycles. The van der Waals surface area contributed by atoms with Crippen molar-refractivity contribution in [3.8, 4) is 5.88 Å². The molecule has 1 aliphatic heterocycles. The number of rotatable bonds is 4. The van der Waals surface area contributed by atoms with E-state index in [4.69, 9.17) is 4.74 Å². The van der Waals surface area contributed by atoms with Crippen LogP contribution in [0.4, 0.5) is 10.5 Å². The molecular weight excluding hydrogens is 268 g/mol. The van der Waals surface area contributed by atoms with Crippen molar-refractivity contribution in [1.82, 2.24) is 14.8 Å². The van der Waals surface area contributed by atoms with Gasteiger partial charge in [-0.3, -0.25) is 0 Å². The summed E-state index contributed by atoms with van der Waals surface area (Å²) < 4.78 is 5.33. The first-order valence-corrected chi connectivity index (χ1v) is 7.41. The third kappa shape index (κ3) is 4.24. The van der Waals surface area contributed by atoms with Crippen molar-refractivity contribution in [2.45, 2.75) is 25.8 Å². The molecule has 0 bridgehead atoms. The Morgan fingerprint density at radius 3 is 2.67 bits per heavy atom. The first kappa shape index (κ1) is 15.4. The second kappa shape index (κ2) is 7.15. The molecule has 116 valence electrons. The maximum absolute atomic E-state index is 11.9. The molecule has 1 aromatic rings. The molecule has 1 saturated heterocycles. The maximum atomic E-state index is 11.9. The highest BCUT2D eigenvalue weighted by Gasteiger charge is 2.23. The number of piperidine rings is 1. The fourth-order valence-electron chi connectivity index (χ4n) is 2.43. The standard InChI is InChI=1S/C15H24N4O2/c1-4-21-14-6-5-13(11-16-14)17-12-7-9-19(10-8-12)15(20)18(2)3/h5-6,11-12,17H,4,7-10H2,1-3H3. The number of anilines is 1. The summed E-state index contributed by atoms with van der Waals surface area (Å²) in [7, 11) is 3.58. The van der Waals surface area contributed by atoms with Gasteiger partial charge in [-0.05, 0) is 25.8 Å². The van der Waals surface area contributed by atoms with Crippen LogP contribution in [0.25, 0.3) is 0 Å². The van der Waals surface area contributed by atoms with Crippen molar-refractivity contribution in [1.29, 1.82) is 0 Å². The number of carbonyl (C=O) groups excluding carboxylic acids is 1. The van der Waals surface area contributed by atoms with E-state index in [0.29, 0.717) is 18.5 Å². The lowest BCUT2D eigenvalue weighted by Gasteiger charge is -2.34. The van der Waals surface area contributed by atoms with E-state index in [2.05, 4.69) is 10.3 Å². The van der Waals surface area contributed by atoms with E-state index in [9.17, 15) is 4.79 Å². The number of hydrogen-bond acceptors (Lipinski definition) is 4. The van der Waals surface area contributed by atoms with Gasteiger partial charge in [0.2, 0.25) is 5.88 Å². The summed E-state index contributed by atoms with van der Waals surface area (Å²) in [5.41, 5.74) is 0.996. The normalized spacial score (nSPS) is 15.7. The first-order chi connectivity index (χ1) is 10.1. The largest absolute Gasteiger partial charge is 0.478 e. The summed E-state index contributed by atoms with van der Waals surface area (Å²) in [6, 6.07) is 4.33. The summed E-state index contributed by atoms with van der Waals surface area (Å²) >= 11 is 0. The Morgan fingerprint density at radius 1 is 1.43 bits per heavy atom. The summed E-state index contributed by atoms with van der Waals surface area (Å²) in [5.74, 6) is 0.648. The minimum Gasteiger partial charge on any atom is -0.478 e. The number of likely N-dealkylation sites (tertiary alicyclic amines) is 1. The van der Waals surface area contributed by atoms with Crippen molar-refractivity contribution in [2.24, 2.45) is 0 Å². The highest BCUT2D eigenvalue weighted by Crippen LogP contribution is 2.18. The summed E-state index contributed by atoms with van der Waals surface area (Å²) in [5, 5.41) is 3.47. The smallest absolute Gasteiger partial charge is 0.319 e. The summed E-state index contributed by atoms with van der Waals surface area (Å²) in [4.78, 5) is 19.6. The lowest BCUT2D eigenvalue weighted by atomic mass is 10.1. The average Bonchev–Trinajstić information content (AvgIpc) is 2.49.